The summed E-state index contributed by atoms with van der Waals surface area (Å²) in [6.07, 6.45) is 12.4. The molecule has 4 heteroatoms. The van der Waals surface area contributed by atoms with Gasteiger partial charge in [0.2, 0.25) is 0 Å². The highest BCUT2D eigenvalue weighted by Crippen LogP contribution is 2.10. The molecule has 0 aliphatic heterocycles. The summed E-state index contributed by atoms with van der Waals surface area (Å²) < 4.78 is 0. The van der Waals surface area contributed by atoms with Crippen molar-refractivity contribution in [1.29, 1.82) is 0 Å². The van der Waals surface area contributed by atoms with Gasteiger partial charge in [0.25, 0.3) is 0 Å². The first-order chi connectivity index (χ1) is 10.7. The Balaban J connectivity index is 2.03. The molecule has 4 nitrogen and oxygen atoms in total. The fraction of sp³-hybridized carbons (Fsp3) is 0.500. The van der Waals surface area contributed by atoms with E-state index in [-0.39, 0.29) is 0 Å². The van der Waals surface area contributed by atoms with Gasteiger partial charge in [-0.2, -0.15) is 0 Å². The quantitative estimate of drug-likeness (QED) is 0.402. The van der Waals surface area contributed by atoms with Gasteiger partial charge in [0.1, 0.15) is 0 Å². The topological polar surface area (TPSA) is 69.6 Å². The van der Waals surface area contributed by atoms with Crippen molar-refractivity contribution >= 4 is 11.7 Å². The molecule has 0 fully saturated rings. The summed E-state index contributed by atoms with van der Waals surface area (Å²) in [5, 5.41) is 20.7. The van der Waals surface area contributed by atoms with Crippen molar-refractivity contribution in [3.05, 3.63) is 42.0 Å². The maximum atomic E-state index is 10.7. The number of anilines is 1. The van der Waals surface area contributed by atoms with Crippen LogP contribution in [0.1, 0.15) is 55.3 Å². The van der Waals surface area contributed by atoms with Crippen LogP contribution in [0.4, 0.5) is 5.69 Å². The molecule has 0 spiro atoms. The van der Waals surface area contributed by atoms with Crippen LogP contribution in [0, 0.1) is 0 Å². The fourth-order valence-corrected chi connectivity index (χ4v) is 2.19. The van der Waals surface area contributed by atoms with Gasteiger partial charge in [-0.05, 0) is 43.5 Å². The van der Waals surface area contributed by atoms with Crippen molar-refractivity contribution in [1.82, 2.24) is 0 Å². The van der Waals surface area contributed by atoms with E-state index in [2.05, 4.69) is 17.5 Å². The molecule has 0 saturated carbocycles. The number of carbonyl (C=O) groups is 1. The van der Waals surface area contributed by atoms with Gasteiger partial charge in [-0.25, -0.2) is 4.79 Å². The van der Waals surface area contributed by atoms with Crippen molar-refractivity contribution in [2.75, 3.05) is 18.5 Å². The number of unbranched alkanes of at least 4 members (excludes halogenated alkanes) is 6. The molecule has 0 radical (unpaired) electrons. The van der Waals surface area contributed by atoms with Crippen LogP contribution in [0.5, 0.6) is 0 Å². The third-order valence-electron chi connectivity index (χ3n) is 3.50. The Hall–Kier alpha value is -1.81. The summed E-state index contributed by atoms with van der Waals surface area (Å²) in [6.45, 7) is 1.07. The van der Waals surface area contributed by atoms with Crippen LogP contribution in [0.15, 0.2) is 36.4 Å². The molecule has 0 aliphatic rings. The predicted octanol–water partition coefficient (Wildman–Crippen LogP) is 4.08. The van der Waals surface area contributed by atoms with E-state index in [0.717, 1.165) is 31.5 Å². The molecule has 1 rings (SSSR count). The van der Waals surface area contributed by atoms with E-state index in [1.807, 2.05) is 0 Å². The van der Waals surface area contributed by atoms with Gasteiger partial charge in [0, 0.05) is 18.8 Å². The highest BCUT2D eigenvalue weighted by Gasteiger charge is 2.00. The Bertz CT molecular complexity index is 440. The highest BCUT2D eigenvalue weighted by molar-refractivity contribution is 5.87. The van der Waals surface area contributed by atoms with Crippen LogP contribution in [0.25, 0.3) is 0 Å². The van der Waals surface area contributed by atoms with E-state index in [1.54, 1.807) is 24.3 Å². The minimum Gasteiger partial charge on any atom is -0.478 e. The number of aromatic carboxylic acids is 1. The number of benzene rings is 1. The summed E-state index contributed by atoms with van der Waals surface area (Å²) in [5.41, 5.74) is 1.23. The maximum absolute atomic E-state index is 10.7. The third kappa shape index (κ3) is 8.47. The van der Waals surface area contributed by atoms with Gasteiger partial charge in [-0.1, -0.05) is 37.8 Å². The van der Waals surface area contributed by atoms with E-state index in [0.29, 0.717) is 12.2 Å². The van der Waals surface area contributed by atoms with Gasteiger partial charge in [0.15, 0.2) is 0 Å². The zero-order valence-corrected chi connectivity index (χ0v) is 13.1. The van der Waals surface area contributed by atoms with E-state index in [9.17, 15) is 4.79 Å². The Morgan fingerprint density at radius 3 is 2.23 bits per heavy atom. The number of hydrogen-bond acceptors (Lipinski definition) is 3. The standard InChI is InChI=1S/C18H27NO3/c20-15-9-7-5-3-1-2-4-6-8-14-19-17-12-10-16(11-13-17)18(21)22/h6,8,10-13,19-20H,1-5,7,9,14-15H2,(H,21,22). The molecule has 0 atom stereocenters. The average Bonchev–Trinajstić information content (AvgIpc) is 2.53. The first-order valence-corrected chi connectivity index (χ1v) is 8.07. The summed E-state index contributed by atoms with van der Waals surface area (Å²) >= 11 is 0. The van der Waals surface area contributed by atoms with Crippen LogP contribution in [0.2, 0.25) is 0 Å². The molecular formula is C18H27NO3. The lowest BCUT2D eigenvalue weighted by Crippen LogP contribution is -2.00. The molecule has 0 saturated heterocycles. The predicted molar refractivity (Wildman–Crippen MR) is 90.4 cm³/mol. The second-order valence-corrected chi connectivity index (χ2v) is 5.37. The second kappa shape index (κ2) is 11.8. The molecule has 0 amide bonds. The lowest BCUT2D eigenvalue weighted by atomic mass is 10.1. The molecule has 0 unspecified atom stereocenters. The van der Waals surface area contributed by atoms with Crippen molar-refractivity contribution in [3.63, 3.8) is 0 Å². The van der Waals surface area contributed by atoms with E-state index >= 15 is 0 Å². The third-order valence-corrected chi connectivity index (χ3v) is 3.50. The van der Waals surface area contributed by atoms with Gasteiger partial charge < -0.3 is 15.5 Å². The summed E-state index contributed by atoms with van der Waals surface area (Å²) in [4.78, 5) is 10.7. The van der Waals surface area contributed by atoms with Crippen LogP contribution in [-0.2, 0) is 0 Å². The normalized spacial score (nSPS) is 11.0. The maximum Gasteiger partial charge on any atom is 0.335 e. The second-order valence-electron chi connectivity index (χ2n) is 5.37. The molecule has 0 aromatic heterocycles. The molecule has 3 N–H and O–H groups in total. The van der Waals surface area contributed by atoms with Crippen LogP contribution in [0.3, 0.4) is 0 Å². The summed E-state index contributed by atoms with van der Waals surface area (Å²) in [7, 11) is 0. The van der Waals surface area contributed by atoms with E-state index in [1.165, 1.54) is 25.7 Å². The molecular weight excluding hydrogens is 278 g/mol. The monoisotopic (exact) mass is 305 g/mol. The number of nitrogens with one attached hydrogen (secondary N) is 1. The smallest absolute Gasteiger partial charge is 0.335 e. The van der Waals surface area contributed by atoms with Crippen molar-refractivity contribution in [2.24, 2.45) is 0 Å². The zero-order valence-electron chi connectivity index (χ0n) is 13.1. The zero-order chi connectivity index (χ0) is 16.0. The summed E-state index contributed by atoms with van der Waals surface area (Å²) in [5.74, 6) is -0.900. The molecule has 1 aromatic rings. The number of aliphatic hydroxyl groups is 1. The Morgan fingerprint density at radius 1 is 0.955 bits per heavy atom. The molecule has 122 valence electrons. The number of rotatable bonds is 12. The first-order valence-electron chi connectivity index (χ1n) is 8.07. The molecule has 1 aromatic carbocycles. The fourth-order valence-electron chi connectivity index (χ4n) is 2.19. The van der Waals surface area contributed by atoms with E-state index < -0.39 is 5.97 Å². The van der Waals surface area contributed by atoms with Crippen molar-refractivity contribution < 1.29 is 15.0 Å². The molecule has 0 heterocycles. The number of allylic oxidation sites excluding steroid dienone is 1. The lowest BCUT2D eigenvalue weighted by Gasteiger charge is -2.03. The van der Waals surface area contributed by atoms with Gasteiger partial charge in [-0.15, -0.1) is 0 Å². The van der Waals surface area contributed by atoms with Gasteiger partial charge >= 0.3 is 5.97 Å². The van der Waals surface area contributed by atoms with Gasteiger partial charge in [0.05, 0.1) is 5.56 Å². The van der Waals surface area contributed by atoms with Gasteiger partial charge in [-0.3, -0.25) is 0 Å². The Labute approximate surface area is 132 Å². The Morgan fingerprint density at radius 2 is 1.59 bits per heavy atom. The highest BCUT2D eigenvalue weighted by atomic mass is 16.4. The van der Waals surface area contributed by atoms with E-state index in [4.69, 9.17) is 10.2 Å². The Kier molecular flexibility index (Phi) is 9.79. The summed E-state index contributed by atoms with van der Waals surface area (Å²) in [6, 6.07) is 6.77. The number of aliphatic hydroxyl groups excluding tert-OH is 1. The van der Waals surface area contributed by atoms with Crippen LogP contribution < -0.4 is 5.32 Å². The first kappa shape index (κ1) is 18.2. The number of carboxylic acid groups (broad SMARTS) is 1. The van der Waals surface area contributed by atoms with Crippen molar-refractivity contribution in [2.45, 2.75) is 44.9 Å². The number of carboxylic acids is 1. The SMILES string of the molecule is O=C(O)c1ccc(NCC=CCCCCCCCCO)cc1. The van der Waals surface area contributed by atoms with Crippen LogP contribution in [-0.4, -0.2) is 29.3 Å². The average molecular weight is 305 g/mol. The molecule has 0 bridgehead atoms. The van der Waals surface area contributed by atoms with Crippen molar-refractivity contribution in [3.8, 4) is 0 Å². The largest absolute Gasteiger partial charge is 0.478 e. The van der Waals surface area contributed by atoms with Crippen LogP contribution >= 0.6 is 0 Å². The minimum absolute atomic E-state index is 0.306. The molecule has 22 heavy (non-hydrogen) atoms. The molecule has 0 aliphatic carbocycles. The lowest BCUT2D eigenvalue weighted by molar-refractivity contribution is 0.0697. The number of hydrogen-bond donors (Lipinski definition) is 3. The minimum atomic E-state index is -0.900.